The Morgan fingerprint density at radius 2 is 2.11 bits per heavy atom. The lowest BCUT2D eigenvalue weighted by Crippen LogP contribution is -2.29. The standard InChI is InChI=1S/C14H21N3O/c1-11-4-5-12(15)13(10-11)16-7-6-14(18)17-8-2-3-9-17/h4-5,10,16H,2-3,6-9,15H2,1H3. The zero-order valence-electron chi connectivity index (χ0n) is 10.9. The fraction of sp³-hybridized carbons (Fsp3) is 0.500. The molecule has 0 unspecified atom stereocenters. The zero-order chi connectivity index (χ0) is 13.0. The first kappa shape index (κ1) is 12.7. The van der Waals surface area contributed by atoms with Crippen molar-refractivity contribution in [1.82, 2.24) is 4.90 Å². The minimum atomic E-state index is 0.242. The highest BCUT2D eigenvalue weighted by Gasteiger charge is 2.16. The predicted molar refractivity (Wildman–Crippen MR) is 74.5 cm³/mol. The van der Waals surface area contributed by atoms with Gasteiger partial charge in [0.2, 0.25) is 5.91 Å². The second-order valence-corrected chi connectivity index (χ2v) is 4.86. The zero-order valence-corrected chi connectivity index (χ0v) is 10.9. The van der Waals surface area contributed by atoms with E-state index in [-0.39, 0.29) is 5.91 Å². The molecule has 1 saturated heterocycles. The quantitative estimate of drug-likeness (QED) is 0.800. The van der Waals surface area contributed by atoms with E-state index >= 15 is 0 Å². The lowest BCUT2D eigenvalue weighted by Gasteiger charge is -2.16. The Balaban J connectivity index is 1.81. The highest BCUT2D eigenvalue weighted by atomic mass is 16.2. The van der Waals surface area contributed by atoms with Gasteiger partial charge in [0.15, 0.2) is 0 Å². The summed E-state index contributed by atoms with van der Waals surface area (Å²) in [4.78, 5) is 13.8. The number of anilines is 2. The van der Waals surface area contributed by atoms with Crippen LogP contribution in [0.4, 0.5) is 11.4 Å². The van der Waals surface area contributed by atoms with Crippen LogP contribution in [0.25, 0.3) is 0 Å². The number of benzene rings is 1. The number of carbonyl (C=O) groups excluding carboxylic acids is 1. The highest BCUT2D eigenvalue weighted by molar-refractivity contribution is 5.77. The van der Waals surface area contributed by atoms with Gasteiger partial charge in [0.05, 0.1) is 11.4 Å². The van der Waals surface area contributed by atoms with Crippen molar-refractivity contribution in [3.63, 3.8) is 0 Å². The Labute approximate surface area is 108 Å². The summed E-state index contributed by atoms with van der Waals surface area (Å²) in [5.74, 6) is 0.242. The van der Waals surface area contributed by atoms with Crippen LogP contribution in [0.2, 0.25) is 0 Å². The molecule has 4 nitrogen and oxygen atoms in total. The SMILES string of the molecule is Cc1ccc(N)c(NCCC(=O)N2CCCC2)c1. The molecule has 0 aromatic heterocycles. The molecule has 1 aromatic carbocycles. The number of nitrogens with two attached hydrogens (primary N) is 1. The minimum Gasteiger partial charge on any atom is -0.397 e. The first-order chi connectivity index (χ1) is 8.66. The summed E-state index contributed by atoms with van der Waals surface area (Å²) in [6.45, 7) is 4.51. The first-order valence-electron chi connectivity index (χ1n) is 6.54. The number of hydrogen-bond donors (Lipinski definition) is 2. The molecule has 1 heterocycles. The molecule has 18 heavy (non-hydrogen) atoms. The van der Waals surface area contributed by atoms with Gasteiger partial charge >= 0.3 is 0 Å². The molecule has 0 radical (unpaired) electrons. The Kier molecular flexibility index (Phi) is 4.07. The van der Waals surface area contributed by atoms with Crippen molar-refractivity contribution < 1.29 is 4.79 Å². The number of carbonyl (C=O) groups is 1. The van der Waals surface area contributed by atoms with Gasteiger partial charge in [-0.1, -0.05) is 6.07 Å². The van der Waals surface area contributed by atoms with Crippen molar-refractivity contribution in [1.29, 1.82) is 0 Å². The largest absolute Gasteiger partial charge is 0.397 e. The molecule has 1 aliphatic heterocycles. The van der Waals surface area contributed by atoms with E-state index in [0.717, 1.165) is 42.9 Å². The number of nitrogens with zero attached hydrogens (tertiary/aromatic N) is 1. The first-order valence-corrected chi connectivity index (χ1v) is 6.54. The third-order valence-electron chi connectivity index (χ3n) is 3.32. The molecule has 0 aliphatic carbocycles. The molecule has 3 N–H and O–H groups in total. The molecule has 1 amide bonds. The molecule has 4 heteroatoms. The maximum atomic E-state index is 11.8. The second kappa shape index (κ2) is 5.76. The maximum Gasteiger partial charge on any atom is 0.224 e. The average molecular weight is 247 g/mol. The van der Waals surface area contributed by atoms with Crippen molar-refractivity contribution in [3.05, 3.63) is 23.8 Å². The lowest BCUT2D eigenvalue weighted by atomic mass is 10.2. The van der Waals surface area contributed by atoms with Crippen LogP contribution in [0.1, 0.15) is 24.8 Å². The van der Waals surface area contributed by atoms with Gasteiger partial charge in [-0.3, -0.25) is 4.79 Å². The fourth-order valence-corrected chi connectivity index (χ4v) is 2.25. The van der Waals surface area contributed by atoms with Gasteiger partial charge in [-0.05, 0) is 37.5 Å². The van der Waals surface area contributed by atoms with Crippen LogP contribution in [0.15, 0.2) is 18.2 Å². The molecule has 1 fully saturated rings. The van der Waals surface area contributed by atoms with Gasteiger partial charge in [0.1, 0.15) is 0 Å². The summed E-state index contributed by atoms with van der Waals surface area (Å²) >= 11 is 0. The van der Waals surface area contributed by atoms with Crippen molar-refractivity contribution in [2.24, 2.45) is 0 Å². The molecule has 0 saturated carbocycles. The van der Waals surface area contributed by atoms with Crippen LogP contribution in [0, 0.1) is 6.92 Å². The number of likely N-dealkylation sites (tertiary alicyclic amines) is 1. The van der Waals surface area contributed by atoms with Crippen LogP contribution in [-0.4, -0.2) is 30.4 Å². The smallest absolute Gasteiger partial charge is 0.224 e. The summed E-state index contributed by atoms with van der Waals surface area (Å²) in [6, 6.07) is 5.88. The topological polar surface area (TPSA) is 58.4 Å². The van der Waals surface area contributed by atoms with Gasteiger partial charge < -0.3 is 16.0 Å². The number of amides is 1. The molecule has 0 bridgehead atoms. The summed E-state index contributed by atoms with van der Waals surface area (Å²) in [6.07, 6.45) is 2.82. The lowest BCUT2D eigenvalue weighted by molar-refractivity contribution is -0.129. The Morgan fingerprint density at radius 1 is 1.39 bits per heavy atom. The van der Waals surface area contributed by atoms with E-state index in [0.29, 0.717) is 13.0 Å². The number of aryl methyl sites for hydroxylation is 1. The van der Waals surface area contributed by atoms with Gasteiger partial charge in [-0.2, -0.15) is 0 Å². The molecule has 1 aromatic rings. The molecule has 98 valence electrons. The average Bonchev–Trinajstić information content (AvgIpc) is 2.87. The number of hydrogen-bond acceptors (Lipinski definition) is 3. The van der Waals surface area contributed by atoms with Crippen LogP contribution in [-0.2, 0) is 4.79 Å². The van der Waals surface area contributed by atoms with Gasteiger partial charge in [-0.15, -0.1) is 0 Å². The number of nitrogen functional groups attached to an aromatic ring is 1. The van der Waals surface area contributed by atoms with Crippen molar-refractivity contribution in [3.8, 4) is 0 Å². The predicted octanol–water partition coefficient (Wildman–Crippen LogP) is 2.00. The van der Waals surface area contributed by atoms with E-state index in [9.17, 15) is 4.79 Å². The Hall–Kier alpha value is -1.71. The van der Waals surface area contributed by atoms with E-state index in [1.807, 2.05) is 30.0 Å². The third kappa shape index (κ3) is 3.15. The second-order valence-electron chi connectivity index (χ2n) is 4.86. The normalized spacial score (nSPS) is 14.8. The van der Waals surface area contributed by atoms with Crippen LogP contribution < -0.4 is 11.1 Å². The third-order valence-corrected chi connectivity index (χ3v) is 3.32. The molecular weight excluding hydrogens is 226 g/mol. The summed E-state index contributed by atoms with van der Waals surface area (Å²) in [5.41, 5.74) is 8.69. The van der Waals surface area contributed by atoms with Crippen LogP contribution in [0.3, 0.4) is 0 Å². The molecule has 0 atom stereocenters. The van der Waals surface area contributed by atoms with E-state index < -0.39 is 0 Å². The van der Waals surface area contributed by atoms with E-state index in [4.69, 9.17) is 5.73 Å². The van der Waals surface area contributed by atoms with Crippen molar-refractivity contribution in [2.45, 2.75) is 26.2 Å². The summed E-state index contributed by atoms with van der Waals surface area (Å²) in [5, 5.41) is 3.24. The highest BCUT2D eigenvalue weighted by Crippen LogP contribution is 2.19. The van der Waals surface area contributed by atoms with Gasteiger partial charge in [0, 0.05) is 26.1 Å². The fourth-order valence-electron chi connectivity index (χ4n) is 2.25. The molecule has 2 rings (SSSR count). The summed E-state index contributed by atoms with van der Waals surface area (Å²) < 4.78 is 0. The number of rotatable bonds is 4. The minimum absolute atomic E-state index is 0.242. The molecule has 0 spiro atoms. The van der Waals surface area contributed by atoms with Gasteiger partial charge in [0.25, 0.3) is 0 Å². The number of nitrogens with one attached hydrogen (secondary N) is 1. The van der Waals surface area contributed by atoms with Crippen LogP contribution in [0.5, 0.6) is 0 Å². The molecule has 1 aliphatic rings. The van der Waals surface area contributed by atoms with Gasteiger partial charge in [-0.25, -0.2) is 0 Å². The Bertz CT molecular complexity index is 425. The monoisotopic (exact) mass is 247 g/mol. The summed E-state index contributed by atoms with van der Waals surface area (Å²) in [7, 11) is 0. The van der Waals surface area contributed by atoms with Crippen molar-refractivity contribution >= 4 is 17.3 Å². The Morgan fingerprint density at radius 3 is 2.83 bits per heavy atom. The maximum absolute atomic E-state index is 11.8. The van der Waals surface area contributed by atoms with E-state index in [1.54, 1.807) is 0 Å². The van der Waals surface area contributed by atoms with Crippen molar-refractivity contribution in [2.75, 3.05) is 30.7 Å². The molecular formula is C14H21N3O. The van der Waals surface area contributed by atoms with E-state index in [1.165, 1.54) is 0 Å². The van der Waals surface area contributed by atoms with Crippen LogP contribution >= 0.6 is 0 Å². The van der Waals surface area contributed by atoms with E-state index in [2.05, 4.69) is 5.32 Å².